The van der Waals surface area contributed by atoms with Gasteiger partial charge < -0.3 is 4.74 Å². The summed E-state index contributed by atoms with van der Waals surface area (Å²) in [6.07, 6.45) is 7.14. The molecule has 4 fully saturated rings. The maximum absolute atomic E-state index is 14.4. The number of aromatic nitrogens is 2. The van der Waals surface area contributed by atoms with Crippen molar-refractivity contribution in [3.8, 4) is 17.1 Å². The van der Waals surface area contributed by atoms with Gasteiger partial charge in [-0.2, -0.15) is 4.98 Å². The van der Waals surface area contributed by atoms with E-state index in [0.717, 1.165) is 64.9 Å². The lowest BCUT2D eigenvalue weighted by Gasteiger charge is -2.55. The van der Waals surface area contributed by atoms with Gasteiger partial charge in [0.1, 0.15) is 0 Å². The molecule has 4 aliphatic rings. The van der Waals surface area contributed by atoms with Gasteiger partial charge >= 0.3 is 0 Å². The lowest BCUT2D eigenvalue weighted by Crippen LogP contribution is -2.51. The summed E-state index contributed by atoms with van der Waals surface area (Å²) in [7, 11) is 1.63. The average Bonchev–Trinajstić information content (AvgIpc) is 3.04. The predicted octanol–water partition coefficient (Wildman–Crippen LogP) is 5.88. The Morgan fingerprint density at radius 3 is 2.23 bits per heavy atom. The van der Waals surface area contributed by atoms with Crippen molar-refractivity contribution >= 4 is 16.9 Å². The molecule has 0 saturated heterocycles. The summed E-state index contributed by atoms with van der Waals surface area (Å²) < 4.78 is 7.38. The molecule has 2 aromatic heterocycles. The molecule has 4 saturated carbocycles. The molecule has 4 nitrogen and oxygen atoms in total. The molecular formula is C26H28N2O2. The molecule has 30 heavy (non-hydrogen) atoms. The number of pyridine rings is 1. The summed E-state index contributed by atoms with van der Waals surface area (Å²) in [4.78, 5) is 19.2. The zero-order valence-electron chi connectivity index (χ0n) is 17.7. The van der Waals surface area contributed by atoms with E-state index in [1.165, 1.54) is 19.3 Å². The van der Waals surface area contributed by atoms with Crippen LogP contribution in [0.2, 0.25) is 0 Å². The molecule has 0 radical (unpaired) electrons. The Balaban J connectivity index is 1.59. The molecule has 0 spiro atoms. The normalized spacial score (nSPS) is 29.5. The summed E-state index contributed by atoms with van der Waals surface area (Å²) in [5, 5.41) is 1.03. The molecular weight excluding hydrogens is 372 g/mol. The monoisotopic (exact) mass is 400 g/mol. The van der Waals surface area contributed by atoms with E-state index in [1.807, 2.05) is 34.9 Å². The Hall–Kier alpha value is -2.62. The third-order valence-electron chi connectivity index (χ3n) is 8.00. The van der Waals surface area contributed by atoms with Crippen LogP contribution < -0.4 is 4.74 Å². The van der Waals surface area contributed by atoms with Crippen LogP contribution in [0, 0.1) is 30.1 Å². The van der Waals surface area contributed by atoms with Crippen molar-refractivity contribution in [2.24, 2.45) is 23.2 Å². The minimum atomic E-state index is -0.221. The first-order valence-corrected chi connectivity index (χ1v) is 11.2. The number of nitrogens with zero attached hydrogens (tertiary/aromatic N) is 2. The molecule has 0 amide bonds. The minimum Gasteiger partial charge on any atom is -0.481 e. The van der Waals surface area contributed by atoms with Crippen LogP contribution in [-0.4, -0.2) is 22.6 Å². The highest BCUT2D eigenvalue weighted by molar-refractivity contribution is 6.01. The molecule has 0 atom stereocenters. The Bertz CT molecular complexity index is 1110. The second kappa shape index (κ2) is 6.44. The first-order chi connectivity index (χ1) is 14.6. The molecule has 2 heterocycles. The molecule has 1 aromatic carbocycles. The molecule has 4 bridgehead atoms. The maximum Gasteiger partial charge on any atom is 0.239 e. The Kier molecular flexibility index (Phi) is 3.90. The van der Waals surface area contributed by atoms with Crippen LogP contribution >= 0.6 is 0 Å². The van der Waals surface area contributed by atoms with Gasteiger partial charge in [0.2, 0.25) is 11.8 Å². The van der Waals surface area contributed by atoms with Gasteiger partial charge in [0, 0.05) is 11.5 Å². The van der Waals surface area contributed by atoms with E-state index < -0.39 is 0 Å². The highest BCUT2D eigenvalue weighted by Gasteiger charge is 2.55. The zero-order valence-corrected chi connectivity index (χ0v) is 17.7. The number of fused-ring (bicyclic) bond motifs is 1. The van der Waals surface area contributed by atoms with Crippen LogP contribution in [0.4, 0.5) is 0 Å². The Morgan fingerprint density at radius 2 is 1.63 bits per heavy atom. The van der Waals surface area contributed by atoms with Crippen LogP contribution in [0.5, 0.6) is 5.88 Å². The second-order valence-electron chi connectivity index (χ2n) is 9.90. The zero-order chi connectivity index (χ0) is 20.5. The quantitative estimate of drug-likeness (QED) is 0.552. The molecule has 4 heteroatoms. The highest BCUT2D eigenvalue weighted by atomic mass is 16.5. The Labute approximate surface area is 177 Å². The van der Waals surface area contributed by atoms with Crippen molar-refractivity contribution < 1.29 is 9.53 Å². The molecule has 7 rings (SSSR count). The molecule has 0 unspecified atom stereocenters. The van der Waals surface area contributed by atoms with Crippen LogP contribution in [0.3, 0.4) is 0 Å². The fourth-order valence-corrected chi connectivity index (χ4v) is 7.16. The molecule has 4 aliphatic carbocycles. The van der Waals surface area contributed by atoms with Crippen molar-refractivity contribution in [1.82, 2.24) is 9.55 Å². The van der Waals surface area contributed by atoms with Gasteiger partial charge in [-0.05, 0) is 80.4 Å². The van der Waals surface area contributed by atoms with Gasteiger partial charge in [-0.1, -0.05) is 30.3 Å². The lowest BCUT2D eigenvalue weighted by atomic mass is 9.49. The van der Waals surface area contributed by atoms with Gasteiger partial charge in [-0.25, -0.2) is 0 Å². The number of aryl methyl sites for hydroxylation is 1. The van der Waals surface area contributed by atoms with Crippen LogP contribution in [-0.2, 0) is 0 Å². The second-order valence-corrected chi connectivity index (χ2v) is 9.90. The SMILES string of the molecule is COc1ccc2c(C)c(-c3ccccc3)n(C(=O)C34CC5CC(CC(C5)C3)C4)c2n1. The standard InChI is InChI=1S/C26H28N2O2/c1-16-21-8-9-22(30-2)27-24(21)28(23(16)20-6-4-3-5-7-20)25(29)26-13-17-10-18(14-26)12-19(11-17)15-26/h3-9,17-19H,10-15H2,1-2H3. The number of rotatable bonds is 3. The maximum atomic E-state index is 14.4. The summed E-state index contributed by atoms with van der Waals surface area (Å²) >= 11 is 0. The van der Waals surface area contributed by atoms with Crippen molar-refractivity contribution in [2.75, 3.05) is 7.11 Å². The predicted molar refractivity (Wildman–Crippen MR) is 118 cm³/mol. The van der Waals surface area contributed by atoms with E-state index in [4.69, 9.17) is 9.72 Å². The third-order valence-corrected chi connectivity index (χ3v) is 8.00. The first-order valence-electron chi connectivity index (χ1n) is 11.2. The molecule has 0 N–H and O–H groups in total. The van der Waals surface area contributed by atoms with Crippen molar-refractivity contribution in [2.45, 2.75) is 45.4 Å². The average molecular weight is 401 g/mol. The number of methoxy groups -OCH3 is 1. The largest absolute Gasteiger partial charge is 0.481 e. The minimum absolute atomic E-state index is 0.221. The van der Waals surface area contributed by atoms with Crippen LogP contribution in [0.1, 0.15) is 48.9 Å². The fourth-order valence-electron chi connectivity index (χ4n) is 7.16. The number of carbonyl (C=O) groups is 1. The third kappa shape index (κ3) is 2.52. The number of hydrogen-bond donors (Lipinski definition) is 0. The fraction of sp³-hybridized carbons (Fsp3) is 0.462. The van der Waals surface area contributed by atoms with E-state index in [-0.39, 0.29) is 11.3 Å². The van der Waals surface area contributed by atoms with Crippen molar-refractivity contribution in [1.29, 1.82) is 0 Å². The van der Waals surface area contributed by atoms with Crippen LogP contribution in [0.15, 0.2) is 42.5 Å². The van der Waals surface area contributed by atoms with E-state index in [1.54, 1.807) is 7.11 Å². The number of ether oxygens (including phenoxy) is 1. The molecule has 3 aromatic rings. The summed E-state index contributed by atoms with van der Waals surface area (Å²) in [6, 6.07) is 14.2. The number of hydrogen-bond acceptors (Lipinski definition) is 3. The van der Waals surface area contributed by atoms with E-state index in [0.29, 0.717) is 5.88 Å². The first kappa shape index (κ1) is 18.2. The van der Waals surface area contributed by atoms with Crippen molar-refractivity contribution in [3.63, 3.8) is 0 Å². The number of benzene rings is 1. The Morgan fingerprint density at radius 1 is 1.00 bits per heavy atom. The van der Waals surface area contributed by atoms with Gasteiger partial charge in [-0.15, -0.1) is 0 Å². The highest BCUT2D eigenvalue weighted by Crippen LogP contribution is 2.61. The summed E-state index contributed by atoms with van der Waals surface area (Å²) in [5.74, 6) is 3.00. The lowest BCUT2D eigenvalue weighted by molar-refractivity contribution is -0.0397. The van der Waals surface area contributed by atoms with Gasteiger partial charge in [0.15, 0.2) is 5.65 Å². The number of carbonyl (C=O) groups excluding carboxylic acids is 1. The van der Waals surface area contributed by atoms with E-state index >= 15 is 0 Å². The topological polar surface area (TPSA) is 44.1 Å². The van der Waals surface area contributed by atoms with E-state index in [9.17, 15) is 4.79 Å². The van der Waals surface area contributed by atoms with Crippen LogP contribution in [0.25, 0.3) is 22.3 Å². The van der Waals surface area contributed by atoms with Gasteiger partial charge in [0.05, 0.1) is 18.2 Å². The van der Waals surface area contributed by atoms with Gasteiger partial charge in [0.25, 0.3) is 0 Å². The smallest absolute Gasteiger partial charge is 0.239 e. The van der Waals surface area contributed by atoms with Crippen molar-refractivity contribution in [3.05, 3.63) is 48.0 Å². The summed E-state index contributed by atoms with van der Waals surface area (Å²) in [6.45, 7) is 2.11. The summed E-state index contributed by atoms with van der Waals surface area (Å²) in [5.41, 5.74) is 3.70. The molecule has 154 valence electrons. The van der Waals surface area contributed by atoms with E-state index in [2.05, 4.69) is 19.1 Å². The molecule has 0 aliphatic heterocycles. The van der Waals surface area contributed by atoms with Gasteiger partial charge in [-0.3, -0.25) is 9.36 Å².